The van der Waals surface area contributed by atoms with Crippen molar-refractivity contribution in [2.75, 3.05) is 19.0 Å². The fourth-order valence-electron chi connectivity index (χ4n) is 2.60. The Morgan fingerprint density at radius 2 is 1.89 bits per heavy atom. The van der Waals surface area contributed by atoms with E-state index in [1.807, 2.05) is 80.5 Å². The van der Waals surface area contributed by atoms with Gasteiger partial charge in [0.15, 0.2) is 0 Å². The van der Waals surface area contributed by atoms with Crippen LogP contribution in [0.4, 0.5) is 5.69 Å². The van der Waals surface area contributed by atoms with Crippen LogP contribution in [0.5, 0.6) is 0 Å². The van der Waals surface area contributed by atoms with Gasteiger partial charge in [-0.3, -0.25) is 4.79 Å². The van der Waals surface area contributed by atoms with E-state index in [1.54, 1.807) is 11.8 Å². The number of thioether (sulfide) groups is 1. The molecule has 3 rings (SSSR count). The highest BCUT2D eigenvalue weighted by atomic mass is 32.2. The predicted molar refractivity (Wildman–Crippen MR) is 109 cm³/mol. The van der Waals surface area contributed by atoms with Crippen molar-refractivity contribution in [3.05, 3.63) is 77.2 Å². The van der Waals surface area contributed by atoms with Crippen molar-refractivity contribution >= 4 is 23.4 Å². The first kappa shape index (κ1) is 19.0. The summed E-state index contributed by atoms with van der Waals surface area (Å²) in [5.74, 6) is 1.36. The smallest absolute Gasteiger partial charge is 0.252 e. The minimum Gasteiger partial charge on any atom is -0.378 e. The molecule has 6 heteroatoms. The Bertz CT molecular complexity index is 904. The molecule has 2 aromatic carbocycles. The molecule has 1 heterocycles. The number of aromatic nitrogens is 1. The van der Waals surface area contributed by atoms with Crippen LogP contribution in [0.2, 0.25) is 0 Å². The number of nitrogens with one attached hydrogen (secondary N) is 1. The number of anilines is 1. The Kier molecular flexibility index (Phi) is 6.19. The fraction of sp³-hybridized carbons (Fsp3) is 0.238. The Morgan fingerprint density at radius 3 is 2.56 bits per heavy atom. The molecule has 1 N–H and O–H groups in total. The highest BCUT2D eigenvalue weighted by Gasteiger charge is 2.12. The molecule has 0 unspecified atom stereocenters. The number of nitrogens with zero attached hydrogens (tertiary/aromatic N) is 2. The quantitative estimate of drug-likeness (QED) is 0.619. The second kappa shape index (κ2) is 8.77. The van der Waals surface area contributed by atoms with Crippen LogP contribution in [0.15, 0.2) is 64.0 Å². The molecule has 0 aliphatic heterocycles. The van der Waals surface area contributed by atoms with Crippen molar-refractivity contribution < 1.29 is 9.32 Å². The molecular formula is C21H23N3O2S. The molecule has 27 heavy (non-hydrogen) atoms. The van der Waals surface area contributed by atoms with Crippen molar-refractivity contribution in [2.45, 2.75) is 24.1 Å². The van der Waals surface area contributed by atoms with E-state index in [2.05, 4.69) is 10.5 Å². The zero-order valence-corrected chi connectivity index (χ0v) is 16.5. The summed E-state index contributed by atoms with van der Waals surface area (Å²) >= 11 is 1.57. The standard InChI is InChI=1S/C21H23N3O2S/c1-15-12-18(26-23-15)14-27-20-7-5-4-6-19(20)21(25)22-13-16-8-10-17(11-9-16)24(2)3/h4-12H,13-14H2,1-3H3,(H,22,25). The molecule has 5 nitrogen and oxygen atoms in total. The lowest BCUT2D eigenvalue weighted by Crippen LogP contribution is -2.23. The maximum absolute atomic E-state index is 12.7. The van der Waals surface area contributed by atoms with Crippen molar-refractivity contribution in [2.24, 2.45) is 0 Å². The molecule has 0 saturated carbocycles. The lowest BCUT2D eigenvalue weighted by Gasteiger charge is -2.13. The number of hydrogen-bond acceptors (Lipinski definition) is 5. The normalized spacial score (nSPS) is 10.6. The van der Waals surface area contributed by atoms with E-state index in [9.17, 15) is 4.79 Å². The average molecular weight is 382 g/mol. The Hall–Kier alpha value is -2.73. The van der Waals surface area contributed by atoms with Gasteiger partial charge in [-0.2, -0.15) is 0 Å². The maximum atomic E-state index is 12.7. The van der Waals surface area contributed by atoms with Crippen molar-refractivity contribution in [1.29, 1.82) is 0 Å². The van der Waals surface area contributed by atoms with E-state index in [4.69, 9.17) is 4.52 Å². The summed E-state index contributed by atoms with van der Waals surface area (Å²) in [6.07, 6.45) is 0. The summed E-state index contributed by atoms with van der Waals surface area (Å²) < 4.78 is 5.24. The largest absolute Gasteiger partial charge is 0.378 e. The number of hydrogen-bond donors (Lipinski definition) is 1. The molecule has 0 atom stereocenters. The third-order valence-electron chi connectivity index (χ3n) is 4.08. The van der Waals surface area contributed by atoms with Gasteiger partial charge in [-0.05, 0) is 36.8 Å². The summed E-state index contributed by atoms with van der Waals surface area (Å²) in [5, 5.41) is 6.90. The van der Waals surface area contributed by atoms with Gasteiger partial charge in [0.1, 0.15) is 5.76 Å². The van der Waals surface area contributed by atoms with Crippen LogP contribution >= 0.6 is 11.8 Å². The van der Waals surface area contributed by atoms with E-state index in [1.165, 1.54) is 0 Å². The molecule has 0 spiro atoms. The van der Waals surface area contributed by atoms with Crippen LogP contribution < -0.4 is 10.2 Å². The van der Waals surface area contributed by atoms with Crippen molar-refractivity contribution in [3.8, 4) is 0 Å². The van der Waals surface area contributed by atoms with Gasteiger partial charge in [-0.15, -0.1) is 11.8 Å². The summed E-state index contributed by atoms with van der Waals surface area (Å²) in [5.41, 5.74) is 3.73. The van der Waals surface area contributed by atoms with E-state index in [-0.39, 0.29) is 5.91 Å². The summed E-state index contributed by atoms with van der Waals surface area (Å²) in [6, 6.07) is 17.7. The number of carbonyl (C=O) groups is 1. The molecule has 1 aromatic heterocycles. The van der Waals surface area contributed by atoms with Gasteiger partial charge in [-0.1, -0.05) is 29.4 Å². The Balaban J connectivity index is 1.62. The third kappa shape index (κ3) is 5.14. The molecule has 140 valence electrons. The number of carbonyl (C=O) groups excluding carboxylic acids is 1. The second-order valence-corrected chi connectivity index (χ2v) is 7.48. The zero-order valence-electron chi connectivity index (χ0n) is 15.7. The number of benzene rings is 2. The molecule has 0 aliphatic carbocycles. The highest BCUT2D eigenvalue weighted by Crippen LogP contribution is 2.26. The number of aryl methyl sites for hydroxylation is 1. The van der Waals surface area contributed by atoms with Crippen LogP contribution in [-0.4, -0.2) is 25.2 Å². The first-order valence-corrected chi connectivity index (χ1v) is 9.70. The summed E-state index contributed by atoms with van der Waals surface area (Å²) in [7, 11) is 4.01. The van der Waals surface area contributed by atoms with Crippen molar-refractivity contribution in [1.82, 2.24) is 10.5 Å². The second-order valence-electron chi connectivity index (χ2n) is 6.46. The van der Waals surface area contributed by atoms with Gasteiger partial charge in [0.2, 0.25) is 0 Å². The molecule has 0 saturated heterocycles. The molecule has 3 aromatic rings. The van der Waals surface area contributed by atoms with E-state index < -0.39 is 0 Å². The van der Waals surface area contributed by atoms with E-state index >= 15 is 0 Å². The molecule has 0 radical (unpaired) electrons. The van der Waals surface area contributed by atoms with Gasteiger partial charge in [-0.25, -0.2) is 0 Å². The Labute approximate surface area is 163 Å². The van der Waals surface area contributed by atoms with Crippen molar-refractivity contribution in [3.63, 3.8) is 0 Å². The van der Waals surface area contributed by atoms with Gasteiger partial charge in [0, 0.05) is 37.3 Å². The van der Waals surface area contributed by atoms with E-state index in [0.29, 0.717) is 17.9 Å². The Morgan fingerprint density at radius 1 is 1.15 bits per heavy atom. The minimum atomic E-state index is -0.0801. The highest BCUT2D eigenvalue weighted by molar-refractivity contribution is 7.98. The summed E-state index contributed by atoms with van der Waals surface area (Å²) in [4.78, 5) is 15.6. The van der Waals surface area contributed by atoms with Gasteiger partial charge in [0.25, 0.3) is 5.91 Å². The van der Waals surface area contributed by atoms with Crippen LogP contribution in [0.3, 0.4) is 0 Å². The lowest BCUT2D eigenvalue weighted by atomic mass is 10.1. The fourth-order valence-corrected chi connectivity index (χ4v) is 3.53. The molecular weight excluding hydrogens is 358 g/mol. The minimum absolute atomic E-state index is 0.0801. The van der Waals surface area contributed by atoms with E-state index in [0.717, 1.165) is 27.6 Å². The SMILES string of the molecule is Cc1cc(CSc2ccccc2C(=O)NCc2ccc(N(C)C)cc2)on1. The summed E-state index contributed by atoms with van der Waals surface area (Å²) in [6.45, 7) is 2.39. The lowest BCUT2D eigenvalue weighted by molar-refractivity contribution is 0.0948. The topological polar surface area (TPSA) is 58.4 Å². The maximum Gasteiger partial charge on any atom is 0.252 e. The van der Waals surface area contributed by atoms with Gasteiger partial charge < -0.3 is 14.7 Å². The number of amides is 1. The monoisotopic (exact) mass is 381 g/mol. The number of rotatable bonds is 7. The molecule has 1 amide bonds. The predicted octanol–water partition coefficient (Wildman–Crippen LogP) is 4.27. The van der Waals surface area contributed by atoms with Crippen LogP contribution in [0.1, 0.15) is 27.4 Å². The van der Waals surface area contributed by atoms with Crippen LogP contribution in [0, 0.1) is 6.92 Å². The molecule has 0 aliphatic rings. The van der Waals surface area contributed by atoms with Gasteiger partial charge in [0.05, 0.1) is 17.0 Å². The molecule has 0 fully saturated rings. The van der Waals surface area contributed by atoms with Crippen LogP contribution in [0.25, 0.3) is 0 Å². The first-order valence-electron chi connectivity index (χ1n) is 8.71. The van der Waals surface area contributed by atoms with Gasteiger partial charge >= 0.3 is 0 Å². The third-order valence-corrected chi connectivity index (χ3v) is 5.18. The molecule has 0 bridgehead atoms. The van der Waals surface area contributed by atoms with Crippen LogP contribution in [-0.2, 0) is 12.3 Å². The first-order chi connectivity index (χ1) is 13.0. The zero-order chi connectivity index (χ0) is 19.2. The average Bonchev–Trinajstić information content (AvgIpc) is 3.10.